The van der Waals surface area contributed by atoms with Crippen LogP contribution in [0.15, 0.2) is 0 Å². The maximum atomic E-state index is 4.08. The van der Waals surface area contributed by atoms with Crippen LogP contribution in [0.1, 0.15) is 11.4 Å². The summed E-state index contributed by atoms with van der Waals surface area (Å²) in [5.41, 5.74) is 2.08. The summed E-state index contributed by atoms with van der Waals surface area (Å²) in [6, 6.07) is 0. The second-order valence-electron chi connectivity index (χ2n) is 1.66. The Labute approximate surface area is 64.2 Å². The molecular formula is C4H6N3Pb. The minimum atomic E-state index is 0.888. The molecule has 1 aromatic heterocycles. The van der Waals surface area contributed by atoms with Crippen molar-refractivity contribution in [2.24, 2.45) is 0 Å². The van der Waals surface area contributed by atoms with E-state index in [9.17, 15) is 0 Å². The van der Waals surface area contributed by atoms with Crippen LogP contribution < -0.4 is 0 Å². The van der Waals surface area contributed by atoms with Gasteiger partial charge in [0.2, 0.25) is 0 Å². The first-order valence-electron chi connectivity index (χ1n) is 2.32. The van der Waals surface area contributed by atoms with Crippen LogP contribution in [0.5, 0.6) is 0 Å². The molecule has 0 aliphatic heterocycles. The number of aryl methyl sites for hydroxylation is 2. The van der Waals surface area contributed by atoms with Gasteiger partial charge in [0.15, 0.2) is 0 Å². The molecule has 0 N–H and O–H groups in total. The van der Waals surface area contributed by atoms with Gasteiger partial charge in [0.25, 0.3) is 0 Å². The Morgan fingerprint density at radius 2 is 1.62 bits per heavy atom. The van der Waals surface area contributed by atoms with Crippen molar-refractivity contribution in [2.45, 2.75) is 13.8 Å². The second-order valence-corrected chi connectivity index (χ2v) is 3.22. The van der Waals surface area contributed by atoms with Gasteiger partial charge in [-0.15, -0.1) is 0 Å². The van der Waals surface area contributed by atoms with Crippen molar-refractivity contribution in [3.63, 3.8) is 0 Å². The van der Waals surface area contributed by atoms with Gasteiger partial charge < -0.3 is 0 Å². The van der Waals surface area contributed by atoms with Crippen molar-refractivity contribution < 1.29 is 0 Å². The molecule has 0 aliphatic carbocycles. The third-order valence-corrected chi connectivity index (χ3v) is 1.79. The molecule has 1 rings (SSSR count). The van der Waals surface area contributed by atoms with Gasteiger partial charge in [0, 0.05) is 0 Å². The molecule has 0 aliphatic rings. The van der Waals surface area contributed by atoms with E-state index in [-0.39, 0.29) is 0 Å². The van der Waals surface area contributed by atoms with E-state index in [0.29, 0.717) is 0 Å². The molecule has 8 heavy (non-hydrogen) atoms. The van der Waals surface area contributed by atoms with Crippen molar-refractivity contribution in [1.29, 1.82) is 0 Å². The standard InChI is InChI=1S/C4H6N3.Pb/c1-3-4(2)6-7-5-3;/h1-2H3;/q-1;+1. The van der Waals surface area contributed by atoms with Crippen LogP contribution in [-0.4, -0.2) is 38.9 Å². The summed E-state index contributed by atoms with van der Waals surface area (Å²) in [6.07, 6.45) is 0. The molecule has 0 atom stereocenters. The Bertz CT molecular complexity index is 174. The molecule has 1 aromatic rings. The zero-order valence-electron chi connectivity index (χ0n) is 4.84. The Hall–Kier alpha value is 0.0621. The van der Waals surface area contributed by atoms with Gasteiger partial charge in [-0.05, 0) is 0 Å². The van der Waals surface area contributed by atoms with E-state index < -0.39 is 0 Å². The Morgan fingerprint density at radius 3 is 1.75 bits per heavy atom. The van der Waals surface area contributed by atoms with E-state index in [0.717, 1.165) is 37.5 Å². The van der Waals surface area contributed by atoms with E-state index in [4.69, 9.17) is 0 Å². The zero-order valence-corrected chi connectivity index (χ0v) is 8.73. The van der Waals surface area contributed by atoms with Gasteiger partial charge in [0.05, 0.1) is 0 Å². The van der Waals surface area contributed by atoms with Crippen LogP contribution in [0.3, 0.4) is 0 Å². The molecular weight excluding hydrogens is 297 g/mol. The number of aromatic nitrogens is 3. The van der Waals surface area contributed by atoms with Gasteiger partial charge in [-0.3, -0.25) is 0 Å². The Kier molecular flexibility index (Phi) is 1.64. The first-order chi connectivity index (χ1) is 3.70. The van der Waals surface area contributed by atoms with Crippen molar-refractivity contribution >= 4 is 26.1 Å². The molecule has 0 fully saturated rings. The number of rotatable bonds is 0. The van der Waals surface area contributed by atoms with Crippen molar-refractivity contribution in [2.75, 3.05) is 0 Å². The van der Waals surface area contributed by atoms with Crippen LogP contribution in [0.4, 0.5) is 0 Å². The molecule has 0 bridgehead atoms. The first-order valence-corrected chi connectivity index (χ1v) is 4.06. The normalized spacial score (nSPS) is 9.88. The van der Waals surface area contributed by atoms with E-state index >= 15 is 0 Å². The predicted octanol–water partition coefficient (Wildman–Crippen LogP) is -0.173. The first kappa shape index (κ1) is 6.19. The van der Waals surface area contributed by atoms with E-state index in [1.54, 1.807) is 2.61 Å². The van der Waals surface area contributed by atoms with E-state index in [1.165, 1.54) is 0 Å². The summed E-state index contributed by atoms with van der Waals surface area (Å²) in [5, 5.41) is 8.16. The quantitative estimate of drug-likeness (QED) is 0.623. The number of hydrogen-bond donors (Lipinski definition) is 0. The molecule has 0 spiro atoms. The average Bonchev–Trinajstić information content (AvgIpc) is 1.85. The van der Waals surface area contributed by atoms with Crippen LogP contribution in [0.2, 0.25) is 0 Å². The molecule has 3 radical (unpaired) electrons. The Balaban J connectivity index is 3.14. The topological polar surface area (TPSA) is 30.7 Å². The summed E-state index contributed by atoms with van der Waals surface area (Å²) in [5.74, 6) is 0. The predicted molar refractivity (Wildman–Crippen MR) is 30.6 cm³/mol. The SMILES string of the molecule is Cc1n[n]([Pb])nc1C. The zero-order chi connectivity index (χ0) is 6.15. The van der Waals surface area contributed by atoms with E-state index in [2.05, 4.69) is 10.2 Å². The third kappa shape index (κ3) is 1.07. The molecule has 0 amide bonds. The van der Waals surface area contributed by atoms with Crippen LogP contribution in [0, 0.1) is 13.8 Å². The second kappa shape index (κ2) is 2.12. The van der Waals surface area contributed by atoms with Crippen LogP contribution in [-0.2, 0) is 0 Å². The fraction of sp³-hybridized carbons (Fsp3) is 0.500. The molecule has 4 heteroatoms. The van der Waals surface area contributed by atoms with Crippen molar-refractivity contribution in [1.82, 2.24) is 12.8 Å². The summed E-state index contributed by atoms with van der Waals surface area (Å²) in [6.45, 7) is 3.94. The molecule has 3 nitrogen and oxygen atoms in total. The monoisotopic (exact) mass is 304 g/mol. The summed E-state index contributed by atoms with van der Waals surface area (Å²) in [7, 11) is 0. The maximum absolute atomic E-state index is 4.08. The molecule has 0 aromatic carbocycles. The van der Waals surface area contributed by atoms with Gasteiger partial charge in [-0.25, -0.2) is 0 Å². The minimum absolute atomic E-state index is 0.888. The molecule has 0 saturated heterocycles. The fourth-order valence-electron chi connectivity index (χ4n) is 0.451. The van der Waals surface area contributed by atoms with Gasteiger partial charge in [0.1, 0.15) is 0 Å². The summed E-state index contributed by atoms with van der Waals surface area (Å²) in [4.78, 5) is 0. The van der Waals surface area contributed by atoms with Gasteiger partial charge >= 0.3 is 64.1 Å². The Morgan fingerprint density at radius 1 is 1.25 bits per heavy atom. The molecule has 1 heterocycles. The van der Waals surface area contributed by atoms with E-state index in [1.807, 2.05) is 13.8 Å². The summed E-state index contributed by atoms with van der Waals surface area (Å²) < 4.78 is 1.71. The van der Waals surface area contributed by atoms with Crippen LogP contribution >= 0.6 is 0 Å². The van der Waals surface area contributed by atoms with Crippen LogP contribution in [0.25, 0.3) is 0 Å². The third-order valence-electron chi connectivity index (χ3n) is 1.01. The molecule has 0 saturated carbocycles. The van der Waals surface area contributed by atoms with Gasteiger partial charge in [-0.2, -0.15) is 0 Å². The summed E-state index contributed by atoms with van der Waals surface area (Å²) >= 11 is 0.888. The van der Waals surface area contributed by atoms with Crippen molar-refractivity contribution in [3.05, 3.63) is 11.4 Å². The molecule has 41 valence electrons. The fourth-order valence-corrected chi connectivity index (χ4v) is 1.62. The van der Waals surface area contributed by atoms with Crippen molar-refractivity contribution in [3.8, 4) is 0 Å². The molecule has 0 unspecified atom stereocenters. The number of nitrogens with zero attached hydrogens (tertiary/aromatic N) is 3. The average molecular weight is 303 g/mol. The van der Waals surface area contributed by atoms with Gasteiger partial charge in [-0.1, -0.05) is 0 Å². The number of hydrogen-bond acceptors (Lipinski definition) is 2.